The number of halogens is 2. The highest BCUT2D eigenvalue weighted by molar-refractivity contribution is 5.96. The first-order chi connectivity index (χ1) is 13.0. The zero-order valence-corrected chi connectivity index (χ0v) is 14.0. The van der Waals surface area contributed by atoms with Gasteiger partial charge in [0.1, 0.15) is 17.4 Å². The zero-order valence-electron chi connectivity index (χ0n) is 14.0. The van der Waals surface area contributed by atoms with E-state index in [1.54, 1.807) is 18.2 Å². The fraction of sp³-hybridized carbons (Fsp3) is 0.294. The lowest BCUT2D eigenvalue weighted by Crippen LogP contribution is -2.42. The average molecular weight is 369 g/mol. The topological polar surface area (TPSA) is 81.2 Å². The molecule has 27 heavy (non-hydrogen) atoms. The van der Waals surface area contributed by atoms with Crippen LogP contribution in [0.15, 0.2) is 30.6 Å². The highest BCUT2D eigenvalue weighted by Gasteiger charge is 2.35. The maximum absolute atomic E-state index is 13.3. The maximum atomic E-state index is 13.3. The minimum atomic E-state index is -2.71. The van der Waals surface area contributed by atoms with E-state index in [2.05, 4.69) is 25.1 Å². The van der Waals surface area contributed by atoms with Gasteiger partial charge < -0.3 is 9.74 Å². The predicted octanol–water partition coefficient (Wildman–Crippen LogP) is 2.63. The zero-order chi connectivity index (χ0) is 19.0. The van der Waals surface area contributed by atoms with Crippen LogP contribution in [0.5, 0.6) is 0 Å². The second-order valence-electron chi connectivity index (χ2n) is 6.20. The van der Waals surface area contributed by atoms with Crippen molar-refractivity contribution in [2.75, 3.05) is 13.1 Å². The Morgan fingerprint density at radius 1 is 1.19 bits per heavy atom. The molecule has 10 heteroatoms. The Labute approximate surface area is 152 Å². The molecule has 1 aliphatic heterocycles. The Morgan fingerprint density at radius 3 is 2.63 bits per heavy atom. The molecule has 1 aliphatic rings. The Kier molecular flexibility index (Phi) is 3.99. The molecule has 4 heterocycles. The molecular formula is C17H13F2N7O. The third-order valence-electron chi connectivity index (χ3n) is 4.41. The van der Waals surface area contributed by atoms with Crippen LogP contribution in [0.2, 0.25) is 0 Å². The second kappa shape index (κ2) is 6.35. The summed E-state index contributed by atoms with van der Waals surface area (Å²) in [7, 11) is 0. The van der Waals surface area contributed by atoms with E-state index in [1.165, 1.54) is 22.0 Å². The van der Waals surface area contributed by atoms with Gasteiger partial charge in [0.05, 0.1) is 5.56 Å². The number of alkyl halides is 2. The molecule has 0 N–H and O–H groups in total. The summed E-state index contributed by atoms with van der Waals surface area (Å²) in [6.07, 6.45) is 2.20. The Morgan fingerprint density at radius 2 is 1.96 bits per heavy atom. The van der Waals surface area contributed by atoms with Crippen LogP contribution < -0.4 is 0 Å². The number of rotatable bonds is 2. The van der Waals surface area contributed by atoms with Gasteiger partial charge in [0.2, 0.25) is 0 Å². The molecule has 0 saturated carbocycles. The number of amides is 1. The van der Waals surface area contributed by atoms with Crippen molar-refractivity contribution in [3.63, 3.8) is 0 Å². The summed E-state index contributed by atoms with van der Waals surface area (Å²) in [5.41, 5.74) is 1.68. The van der Waals surface area contributed by atoms with Crippen LogP contribution in [0.25, 0.3) is 21.7 Å². The van der Waals surface area contributed by atoms with E-state index in [9.17, 15) is 13.6 Å². The van der Waals surface area contributed by atoms with Crippen LogP contribution in [0, 0.1) is 6.57 Å². The Balaban J connectivity index is 1.60. The molecule has 4 rings (SSSR count). The minimum absolute atomic E-state index is 0.00956. The molecule has 1 amide bonds. The number of pyridine rings is 2. The normalized spacial score (nSPS) is 16.3. The lowest BCUT2D eigenvalue weighted by Gasteiger charge is -2.31. The number of piperidine rings is 1. The number of likely N-dealkylation sites (tertiary alicyclic amines) is 1. The molecular weight excluding hydrogens is 356 g/mol. The van der Waals surface area contributed by atoms with Gasteiger partial charge in [-0.2, -0.15) is 4.68 Å². The van der Waals surface area contributed by atoms with Gasteiger partial charge in [-0.3, -0.25) is 4.79 Å². The summed E-state index contributed by atoms with van der Waals surface area (Å²) in [6.45, 7) is 6.95. The molecule has 0 radical (unpaired) electrons. The molecule has 0 atom stereocenters. The van der Waals surface area contributed by atoms with Crippen molar-refractivity contribution in [2.45, 2.75) is 18.8 Å². The first-order valence-electron chi connectivity index (χ1n) is 8.19. The van der Waals surface area contributed by atoms with Crippen molar-refractivity contribution in [3.05, 3.63) is 47.6 Å². The first-order valence-corrected chi connectivity index (χ1v) is 8.19. The van der Waals surface area contributed by atoms with Gasteiger partial charge in [0, 0.05) is 32.1 Å². The predicted molar refractivity (Wildman–Crippen MR) is 90.8 cm³/mol. The monoisotopic (exact) mass is 369 g/mol. The lowest BCUT2D eigenvalue weighted by molar-refractivity contribution is -0.0494. The smallest absolute Gasteiger partial charge is 0.269 e. The van der Waals surface area contributed by atoms with Gasteiger partial charge in [-0.1, -0.05) is 11.8 Å². The fourth-order valence-corrected chi connectivity index (χ4v) is 2.90. The van der Waals surface area contributed by atoms with Crippen molar-refractivity contribution in [3.8, 4) is 5.69 Å². The molecule has 0 unspecified atom stereocenters. The maximum Gasteiger partial charge on any atom is 0.269 e. The summed E-state index contributed by atoms with van der Waals surface area (Å²) < 4.78 is 28.0. The molecule has 136 valence electrons. The van der Waals surface area contributed by atoms with E-state index in [0.717, 1.165) is 0 Å². The fourth-order valence-electron chi connectivity index (χ4n) is 2.90. The van der Waals surface area contributed by atoms with E-state index in [4.69, 9.17) is 6.57 Å². The third kappa shape index (κ3) is 3.19. The first kappa shape index (κ1) is 17.0. The van der Waals surface area contributed by atoms with E-state index in [0.29, 0.717) is 16.9 Å². The van der Waals surface area contributed by atoms with Crippen molar-refractivity contribution in [1.29, 1.82) is 0 Å². The SMILES string of the molecule is [C-]#[N+]c1ccc(-n2nnc3cc(C(=O)N4CCC(F)(F)CC4)cnc32)cn1. The van der Waals surface area contributed by atoms with Crippen LogP contribution in [0.4, 0.5) is 14.6 Å². The van der Waals surface area contributed by atoms with E-state index in [-0.39, 0.29) is 43.2 Å². The summed E-state index contributed by atoms with van der Waals surface area (Å²) >= 11 is 0. The molecule has 1 saturated heterocycles. The van der Waals surface area contributed by atoms with Gasteiger partial charge >= 0.3 is 0 Å². The molecule has 0 bridgehead atoms. The summed E-state index contributed by atoms with van der Waals surface area (Å²) in [4.78, 5) is 25.4. The van der Waals surface area contributed by atoms with Crippen molar-refractivity contribution >= 4 is 22.9 Å². The van der Waals surface area contributed by atoms with Gasteiger partial charge in [0.25, 0.3) is 17.6 Å². The van der Waals surface area contributed by atoms with Crippen LogP contribution in [-0.2, 0) is 0 Å². The molecule has 0 spiro atoms. The number of carbonyl (C=O) groups is 1. The number of carbonyl (C=O) groups excluding carboxylic acids is 1. The Hall–Kier alpha value is -3.48. The standard InChI is InChI=1S/C17H13F2N7O/c1-20-14-3-2-12(10-21-14)26-15-13(23-24-26)8-11(9-22-15)16(27)25-6-4-17(18,19)5-7-25/h2-3,8-10H,4-7H2. The average Bonchev–Trinajstić information content (AvgIpc) is 3.10. The minimum Gasteiger partial charge on any atom is -0.361 e. The van der Waals surface area contributed by atoms with Crippen LogP contribution in [0.3, 0.4) is 0 Å². The summed E-state index contributed by atoms with van der Waals surface area (Å²) in [5.74, 6) is -2.80. The molecule has 3 aromatic rings. The van der Waals surface area contributed by atoms with Gasteiger partial charge in [-0.25, -0.2) is 13.8 Å². The highest BCUT2D eigenvalue weighted by Crippen LogP contribution is 2.28. The molecule has 0 aromatic carbocycles. The van der Waals surface area contributed by atoms with Crippen molar-refractivity contribution in [1.82, 2.24) is 29.9 Å². The van der Waals surface area contributed by atoms with Crippen molar-refractivity contribution < 1.29 is 13.6 Å². The Bertz CT molecular complexity index is 1050. The van der Waals surface area contributed by atoms with E-state index < -0.39 is 5.92 Å². The molecule has 3 aromatic heterocycles. The highest BCUT2D eigenvalue weighted by atomic mass is 19.3. The largest absolute Gasteiger partial charge is 0.361 e. The quantitative estimate of drug-likeness (QED) is 0.649. The lowest BCUT2D eigenvalue weighted by atomic mass is 10.1. The summed E-state index contributed by atoms with van der Waals surface area (Å²) in [5, 5.41) is 8.04. The number of hydrogen-bond acceptors (Lipinski definition) is 5. The summed E-state index contributed by atoms with van der Waals surface area (Å²) in [6, 6.07) is 4.77. The second-order valence-corrected chi connectivity index (χ2v) is 6.20. The number of hydrogen-bond donors (Lipinski definition) is 0. The molecule has 0 aliphatic carbocycles. The van der Waals surface area contributed by atoms with Gasteiger partial charge in [-0.05, 0) is 18.2 Å². The van der Waals surface area contributed by atoms with Gasteiger partial charge in [-0.15, -0.1) is 10.1 Å². The third-order valence-corrected chi connectivity index (χ3v) is 4.41. The van der Waals surface area contributed by atoms with Crippen LogP contribution >= 0.6 is 0 Å². The van der Waals surface area contributed by atoms with E-state index >= 15 is 0 Å². The number of nitrogens with zero attached hydrogens (tertiary/aromatic N) is 7. The van der Waals surface area contributed by atoms with Crippen LogP contribution in [0.1, 0.15) is 23.2 Å². The van der Waals surface area contributed by atoms with Crippen molar-refractivity contribution in [2.24, 2.45) is 0 Å². The number of aromatic nitrogens is 5. The van der Waals surface area contributed by atoms with E-state index in [1.807, 2.05) is 0 Å². The molecule has 8 nitrogen and oxygen atoms in total. The van der Waals surface area contributed by atoms with Gasteiger partial charge in [0.15, 0.2) is 5.65 Å². The van der Waals surface area contributed by atoms with Crippen LogP contribution in [-0.4, -0.2) is 54.8 Å². The molecule has 1 fully saturated rings. The number of fused-ring (bicyclic) bond motifs is 1.